The van der Waals surface area contributed by atoms with Crippen molar-refractivity contribution in [3.8, 4) is 0 Å². The third-order valence-corrected chi connectivity index (χ3v) is 4.15. The average Bonchev–Trinajstić information content (AvgIpc) is 2.94. The molecule has 0 aliphatic rings. The van der Waals surface area contributed by atoms with E-state index in [2.05, 4.69) is 15.3 Å². The molecule has 8 heteroatoms. The van der Waals surface area contributed by atoms with Gasteiger partial charge in [-0.1, -0.05) is 18.3 Å². The first-order valence-corrected chi connectivity index (χ1v) is 6.89. The maximum atomic E-state index is 12.3. The van der Waals surface area contributed by atoms with Gasteiger partial charge >= 0.3 is 6.18 Å². The topological polar surface area (TPSA) is 37.8 Å². The highest BCUT2D eigenvalue weighted by atomic mass is 32.1. The van der Waals surface area contributed by atoms with Gasteiger partial charge in [0.1, 0.15) is 4.88 Å². The molecule has 0 fully saturated rings. The van der Waals surface area contributed by atoms with Crippen LogP contribution in [-0.2, 0) is 19.1 Å². The van der Waals surface area contributed by atoms with Crippen LogP contribution in [0.25, 0.3) is 0 Å². The fourth-order valence-corrected chi connectivity index (χ4v) is 2.67. The second-order valence-corrected chi connectivity index (χ2v) is 5.44. The molecule has 0 aromatic carbocycles. The third-order valence-electron chi connectivity index (χ3n) is 2.11. The van der Waals surface area contributed by atoms with Crippen molar-refractivity contribution in [1.82, 2.24) is 9.97 Å². The lowest BCUT2D eigenvalue weighted by atomic mass is 10.4. The van der Waals surface area contributed by atoms with E-state index in [0.29, 0.717) is 17.9 Å². The number of anilines is 1. The second kappa shape index (κ2) is 5.23. The van der Waals surface area contributed by atoms with Crippen LogP contribution in [0.1, 0.15) is 22.5 Å². The van der Waals surface area contributed by atoms with Crippen molar-refractivity contribution >= 4 is 27.8 Å². The molecule has 0 radical (unpaired) electrons. The van der Waals surface area contributed by atoms with Crippen LogP contribution in [0.2, 0.25) is 0 Å². The summed E-state index contributed by atoms with van der Waals surface area (Å²) in [6.07, 6.45) is -2.63. The number of hydrogen-bond acceptors (Lipinski definition) is 5. The van der Waals surface area contributed by atoms with Crippen LogP contribution in [0, 0.1) is 0 Å². The highest BCUT2D eigenvalue weighted by Crippen LogP contribution is 2.35. The summed E-state index contributed by atoms with van der Waals surface area (Å²) in [6, 6.07) is 0. The molecule has 2 heterocycles. The Morgan fingerprint density at radius 2 is 2.17 bits per heavy atom. The molecule has 2 rings (SSSR count). The number of aryl methyl sites for hydroxylation is 1. The summed E-state index contributed by atoms with van der Waals surface area (Å²) in [7, 11) is 0. The number of nitrogens with zero attached hydrogens (tertiary/aromatic N) is 2. The fraction of sp³-hybridized carbons (Fsp3) is 0.400. The van der Waals surface area contributed by atoms with Crippen LogP contribution in [0.3, 0.4) is 0 Å². The normalized spacial score (nSPS) is 11.8. The van der Waals surface area contributed by atoms with Crippen molar-refractivity contribution < 1.29 is 13.2 Å². The van der Waals surface area contributed by atoms with E-state index in [0.717, 1.165) is 23.3 Å². The van der Waals surface area contributed by atoms with Crippen LogP contribution in [0.5, 0.6) is 0 Å². The number of hydrogen-bond donors (Lipinski definition) is 1. The van der Waals surface area contributed by atoms with E-state index in [1.165, 1.54) is 0 Å². The highest BCUT2D eigenvalue weighted by Gasteiger charge is 2.33. The minimum Gasteiger partial charge on any atom is -0.356 e. The Morgan fingerprint density at radius 3 is 2.72 bits per heavy atom. The maximum Gasteiger partial charge on any atom is 0.427 e. The first-order valence-electron chi connectivity index (χ1n) is 5.19. The van der Waals surface area contributed by atoms with Crippen molar-refractivity contribution in [2.24, 2.45) is 0 Å². The van der Waals surface area contributed by atoms with Crippen LogP contribution in [-0.4, -0.2) is 9.97 Å². The molecule has 2 aromatic rings. The number of aromatic nitrogens is 2. The minimum absolute atomic E-state index is 0.258. The van der Waals surface area contributed by atoms with Crippen molar-refractivity contribution in [3.05, 3.63) is 27.2 Å². The van der Waals surface area contributed by atoms with E-state index >= 15 is 0 Å². The predicted molar refractivity (Wildman–Crippen MR) is 65.9 cm³/mol. The average molecular weight is 293 g/mol. The van der Waals surface area contributed by atoms with Crippen molar-refractivity contribution in [1.29, 1.82) is 0 Å². The quantitative estimate of drug-likeness (QED) is 0.932. The molecule has 0 aliphatic heterocycles. The Morgan fingerprint density at radius 1 is 1.39 bits per heavy atom. The van der Waals surface area contributed by atoms with Crippen LogP contribution < -0.4 is 5.32 Å². The standard InChI is InChI=1S/C10H10F3N3S2/c1-2-8-16-6(5-17-8)3-14-9-15-4-7(18-9)10(11,12)13/h4-5H,2-3H2,1H3,(H,14,15). The summed E-state index contributed by atoms with van der Waals surface area (Å²) in [5.41, 5.74) is 0.820. The molecule has 1 N–H and O–H groups in total. The van der Waals surface area contributed by atoms with Gasteiger partial charge in [0.25, 0.3) is 0 Å². The third kappa shape index (κ3) is 3.20. The minimum atomic E-state index is -4.33. The maximum absolute atomic E-state index is 12.3. The molecule has 0 saturated heterocycles. The molecule has 0 spiro atoms. The van der Waals surface area contributed by atoms with Crippen molar-refractivity contribution in [2.45, 2.75) is 26.1 Å². The first kappa shape index (κ1) is 13.3. The van der Waals surface area contributed by atoms with E-state index in [1.54, 1.807) is 11.3 Å². The molecule has 2 aromatic heterocycles. The van der Waals surface area contributed by atoms with Crippen molar-refractivity contribution in [3.63, 3.8) is 0 Å². The Labute approximate surface area is 110 Å². The highest BCUT2D eigenvalue weighted by molar-refractivity contribution is 7.15. The molecule has 0 saturated carbocycles. The molecule has 18 heavy (non-hydrogen) atoms. The van der Waals surface area contributed by atoms with Crippen LogP contribution in [0.15, 0.2) is 11.6 Å². The summed E-state index contributed by atoms with van der Waals surface area (Å²) < 4.78 is 37.0. The molecule has 0 unspecified atom stereocenters. The lowest BCUT2D eigenvalue weighted by Crippen LogP contribution is -2.01. The molecule has 0 atom stereocenters. The summed E-state index contributed by atoms with van der Waals surface area (Å²) >= 11 is 2.15. The van der Waals surface area contributed by atoms with Gasteiger partial charge in [-0.15, -0.1) is 11.3 Å². The number of rotatable bonds is 4. The van der Waals surface area contributed by atoms with E-state index in [1.807, 2.05) is 12.3 Å². The first-order chi connectivity index (χ1) is 8.49. The molecule has 0 amide bonds. The van der Waals surface area contributed by atoms with Crippen LogP contribution in [0.4, 0.5) is 18.3 Å². The van der Waals surface area contributed by atoms with Gasteiger partial charge in [-0.05, 0) is 6.42 Å². The zero-order chi connectivity index (χ0) is 13.2. The van der Waals surface area contributed by atoms with Gasteiger partial charge in [0, 0.05) is 5.38 Å². The second-order valence-electron chi connectivity index (χ2n) is 3.47. The van der Waals surface area contributed by atoms with Gasteiger partial charge in [-0.2, -0.15) is 13.2 Å². The molecular weight excluding hydrogens is 283 g/mol. The Balaban J connectivity index is 1.96. The lowest BCUT2D eigenvalue weighted by Gasteiger charge is -2.00. The zero-order valence-electron chi connectivity index (χ0n) is 9.41. The largest absolute Gasteiger partial charge is 0.427 e. The van der Waals surface area contributed by atoms with E-state index in [4.69, 9.17) is 0 Å². The van der Waals surface area contributed by atoms with Crippen LogP contribution >= 0.6 is 22.7 Å². The van der Waals surface area contributed by atoms with Gasteiger partial charge < -0.3 is 5.32 Å². The van der Waals surface area contributed by atoms with Gasteiger partial charge in [0.15, 0.2) is 5.13 Å². The fourth-order valence-electron chi connectivity index (χ4n) is 1.25. The zero-order valence-corrected chi connectivity index (χ0v) is 11.0. The number of halogens is 3. The Kier molecular flexibility index (Phi) is 3.86. The summed E-state index contributed by atoms with van der Waals surface area (Å²) in [5, 5.41) is 6.01. The Bertz CT molecular complexity index is 518. The van der Waals surface area contributed by atoms with E-state index in [-0.39, 0.29) is 5.13 Å². The molecular formula is C10H10F3N3S2. The van der Waals surface area contributed by atoms with E-state index in [9.17, 15) is 13.2 Å². The predicted octanol–water partition coefficient (Wildman–Crippen LogP) is 3.79. The van der Waals surface area contributed by atoms with Gasteiger partial charge in [-0.3, -0.25) is 0 Å². The lowest BCUT2D eigenvalue weighted by molar-refractivity contribution is -0.134. The van der Waals surface area contributed by atoms with Gasteiger partial charge in [-0.25, -0.2) is 9.97 Å². The monoisotopic (exact) mass is 293 g/mol. The van der Waals surface area contributed by atoms with E-state index < -0.39 is 11.1 Å². The number of alkyl halides is 3. The SMILES string of the molecule is CCc1nc(CNc2ncc(C(F)(F)F)s2)cs1. The molecule has 0 aliphatic carbocycles. The van der Waals surface area contributed by atoms with Gasteiger partial charge in [0.2, 0.25) is 0 Å². The van der Waals surface area contributed by atoms with Crippen molar-refractivity contribution in [2.75, 3.05) is 5.32 Å². The molecule has 98 valence electrons. The number of nitrogens with one attached hydrogen (secondary N) is 1. The summed E-state index contributed by atoms with van der Waals surface area (Å²) in [5.74, 6) is 0. The smallest absolute Gasteiger partial charge is 0.356 e. The number of thiazole rings is 2. The molecule has 3 nitrogen and oxygen atoms in total. The summed E-state index contributed by atoms with van der Waals surface area (Å²) in [4.78, 5) is 7.30. The molecule has 0 bridgehead atoms. The Hall–Kier alpha value is -1.15. The summed E-state index contributed by atoms with van der Waals surface area (Å²) in [6.45, 7) is 2.40. The van der Waals surface area contributed by atoms with Gasteiger partial charge in [0.05, 0.1) is 23.4 Å².